The molecule has 19 heavy (non-hydrogen) atoms. The Morgan fingerprint density at radius 2 is 2.16 bits per heavy atom. The van der Waals surface area contributed by atoms with E-state index in [1.54, 1.807) is 11.3 Å². The van der Waals surface area contributed by atoms with Gasteiger partial charge in [0.1, 0.15) is 5.03 Å². The smallest absolute Gasteiger partial charge is 0.194 e. The summed E-state index contributed by atoms with van der Waals surface area (Å²) in [6, 6.07) is 0.216. The summed E-state index contributed by atoms with van der Waals surface area (Å²) in [5.41, 5.74) is 7.42. The van der Waals surface area contributed by atoms with Gasteiger partial charge in [-0.3, -0.25) is 4.40 Å². The first-order valence-corrected chi connectivity index (χ1v) is 8.65. The third kappa shape index (κ3) is 3.33. The number of nitrogens with zero attached hydrogens (tertiary/aromatic N) is 2. The lowest BCUT2D eigenvalue weighted by atomic mass is 10.1. The van der Waals surface area contributed by atoms with E-state index in [-0.39, 0.29) is 6.04 Å². The lowest BCUT2D eigenvalue weighted by molar-refractivity contribution is 0.623. The molecule has 0 saturated heterocycles. The molecule has 2 N–H and O–H groups in total. The van der Waals surface area contributed by atoms with Gasteiger partial charge in [0.15, 0.2) is 4.96 Å². The molecule has 106 valence electrons. The van der Waals surface area contributed by atoms with Crippen molar-refractivity contribution in [3.05, 3.63) is 17.3 Å². The lowest BCUT2D eigenvalue weighted by Crippen LogP contribution is -2.22. The Balaban J connectivity index is 2.30. The molecule has 0 bridgehead atoms. The molecule has 2 heterocycles. The maximum atomic E-state index is 6.14. The quantitative estimate of drug-likeness (QED) is 0.824. The van der Waals surface area contributed by atoms with Gasteiger partial charge in [0.2, 0.25) is 0 Å². The molecule has 0 spiro atoms. The van der Waals surface area contributed by atoms with E-state index >= 15 is 0 Å². The standard InChI is InChI=1S/C14H23N3S2/c1-5-11(15)8-12-13(19-10(4)9(2)3)16-14-17(12)6-7-18-14/h6-7,9-11H,5,8,15H2,1-4H3. The van der Waals surface area contributed by atoms with E-state index in [0.717, 1.165) is 22.8 Å². The number of nitrogens with two attached hydrogens (primary N) is 1. The summed E-state index contributed by atoms with van der Waals surface area (Å²) < 4.78 is 2.20. The number of thioether (sulfide) groups is 1. The number of thiazole rings is 1. The zero-order chi connectivity index (χ0) is 14.0. The van der Waals surface area contributed by atoms with Crippen molar-refractivity contribution in [2.45, 2.75) is 56.9 Å². The van der Waals surface area contributed by atoms with Crippen LogP contribution in [0.15, 0.2) is 16.6 Å². The first-order valence-electron chi connectivity index (χ1n) is 6.89. The Bertz CT molecular complexity index is 530. The molecular weight excluding hydrogens is 274 g/mol. The van der Waals surface area contributed by atoms with Crippen LogP contribution < -0.4 is 5.73 Å². The molecule has 0 aromatic carbocycles. The zero-order valence-corrected chi connectivity index (χ0v) is 13.7. The van der Waals surface area contributed by atoms with Crippen molar-refractivity contribution in [1.29, 1.82) is 0 Å². The Labute approximate surface area is 123 Å². The highest BCUT2D eigenvalue weighted by Gasteiger charge is 2.19. The molecule has 0 aliphatic carbocycles. The number of fused-ring (bicyclic) bond motifs is 1. The highest BCUT2D eigenvalue weighted by atomic mass is 32.2. The van der Waals surface area contributed by atoms with E-state index in [1.807, 2.05) is 11.8 Å². The van der Waals surface area contributed by atoms with E-state index in [4.69, 9.17) is 10.7 Å². The monoisotopic (exact) mass is 297 g/mol. The number of aromatic nitrogens is 2. The maximum Gasteiger partial charge on any atom is 0.194 e. The van der Waals surface area contributed by atoms with E-state index in [9.17, 15) is 0 Å². The molecule has 3 nitrogen and oxygen atoms in total. The predicted molar refractivity (Wildman–Crippen MR) is 85.2 cm³/mol. The second-order valence-corrected chi connectivity index (χ2v) is 7.60. The van der Waals surface area contributed by atoms with E-state index in [0.29, 0.717) is 11.2 Å². The molecule has 2 aromatic rings. The normalized spacial score (nSPS) is 15.3. The van der Waals surface area contributed by atoms with Crippen LogP contribution in [0.5, 0.6) is 0 Å². The SMILES string of the molecule is CCC(N)Cc1c(SC(C)C(C)C)nc2sccn12. The molecule has 5 heteroatoms. The maximum absolute atomic E-state index is 6.14. The van der Waals surface area contributed by atoms with Crippen molar-refractivity contribution in [3.63, 3.8) is 0 Å². The summed E-state index contributed by atoms with van der Waals surface area (Å²) in [5, 5.41) is 3.82. The average Bonchev–Trinajstić information content (AvgIpc) is 2.92. The van der Waals surface area contributed by atoms with Crippen molar-refractivity contribution in [1.82, 2.24) is 9.38 Å². The Morgan fingerprint density at radius 3 is 2.79 bits per heavy atom. The first-order chi connectivity index (χ1) is 9.02. The highest BCUT2D eigenvalue weighted by molar-refractivity contribution is 7.99. The van der Waals surface area contributed by atoms with E-state index < -0.39 is 0 Å². The number of imidazole rings is 1. The Morgan fingerprint density at radius 1 is 1.42 bits per heavy atom. The average molecular weight is 297 g/mol. The number of hydrogen-bond donors (Lipinski definition) is 1. The van der Waals surface area contributed by atoms with Gasteiger partial charge in [-0.15, -0.1) is 23.1 Å². The molecule has 2 unspecified atom stereocenters. The molecule has 0 fully saturated rings. The van der Waals surface area contributed by atoms with Crippen molar-refractivity contribution in [3.8, 4) is 0 Å². The fourth-order valence-corrected chi connectivity index (χ4v) is 3.67. The van der Waals surface area contributed by atoms with Crippen molar-refractivity contribution in [2.75, 3.05) is 0 Å². The van der Waals surface area contributed by atoms with Gasteiger partial charge in [-0.25, -0.2) is 4.98 Å². The van der Waals surface area contributed by atoms with E-state index in [1.165, 1.54) is 5.69 Å². The van der Waals surface area contributed by atoms with Crippen LogP contribution in [0.25, 0.3) is 4.96 Å². The van der Waals surface area contributed by atoms with Gasteiger partial charge in [0.25, 0.3) is 0 Å². The zero-order valence-electron chi connectivity index (χ0n) is 12.1. The van der Waals surface area contributed by atoms with Gasteiger partial charge in [-0.05, 0) is 12.3 Å². The van der Waals surface area contributed by atoms with Crippen molar-refractivity contribution in [2.24, 2.45) is 11.7 Å². The topological polar surface area (TPSA) is 43.3 Å². The number of hydrogen-bond acceptors (Lipinski definition) is 4. The first kappa shape index (κ1) is 14.9. The molecule has 2 rings (SSSR count). The van der Waals surface area contributed by atoms with Crippen LogP contribution in [0.2, 0.25) is 0 Å². The van der Waals surface area contributed by atoms with Crippen LogP contribution in [0, 0.1) is 5.92 Å². The van der Waals surface area contributed by atoms with Crippen LogP contribution in [0.3, 0.4) is 0 Å². The molecule has 0 radical (unpaired) electrons. The van der Waals surface area contributed by atoms with Gasteiger partial charge in [0.05, 0.1) is 5.69 Å². The molecule has 2 aromatic heterocycles. The summed E-state index contributed by atoms with van der Waals surface area (Å²) >= 11 is 3.57. The van der Waals surface area contributed by atoms with Crippen molar-refractivity contribution < 1.29 is 0 Å². The molecule has 0 saturated carbocycles. The second-order valence-electron chi connectivity index (χ2n) is 5.36. The van der Waals surface area contributed by atoms with Crippen LogP contribution in [0.1, 0.15) is 39.8 Å². The van der Waals surface area contributed by atoms with Crippen LogP contribution in [-0.4, -0.2) is 20.7 Å². The minimum atomic E-state index is 0.216. The van der Waals surface area contributed by atoms with Crippen LogP contribution in [0.4, 0.5) is 0 Å². The largest absolute Gasteiger partial charge is 0.327 e. The predicted octanol–water partition coefficient (Wildman–Crippen LogP) is 3.81. The second kappa shape index (κ2) is 6.29. The Kier molecular flexibility index (Phi) is 4.92. The van der Waals surface area contributed by atoms with Gasteiger partial charge >= 0.3 is 0 Å². The summed E-state index contributed by atoms with van der Waals surface area (Å²) in [7, 11) is 0. The van der Waals surface area contributed by atoms with Gasteiger partial charge in [-0.2, -0.15) is 0 Å². The Hall–Kier alpha value is -0.520. The molecular formula is C14H23N3S2. The lowest BCUT2D eigenvalue weighted by Gasteiger charge is -2.15. The van der Waals surface area contributed by atoms with Gasteiger partial charge in [0, 0.05) is 29.3 Å². The summed E-state index contributed by atoms with van der Waals surface area (Å²) in [6.07, 6.45) is 4.01. The van der Waals surface area contributed by atoms with Crippen LogP contribution in [-0.2, 0) is 6.42 Å². The van der Waals surface area contributed by atoms with E-state index in [2.05, 4.69) is 43.7 Å². The highest BCUT2D eigenvalue weighted by Crippen LogP contribution is 2.32. The van der Waals surface area contributed by atoms with Gasteiger partial charge < -0.3 is 5.73 Å². The third-order valence-electron chi connectivity index (χ3n) is 3.54. The minimum Gasteiger partial charge on any atom is -0.327 e. The van der Waals surface area contributed by atoms with Crippen LogP contribution >= 0.6 is 23.1 Å². The molecule has 0 aliphatic heterocycles. The number of rotatable bonds is 6. The summed E-state index contributed by atoms with van der Waals surface area (Å²) in [5.74, 6) is 0.650. The third-order valence-corrected chi connectivity index (χ3v) is 5.76. The fourth-order valence-electron chi connectivity index (χ4n) is 1.80. The minimum absolute atomic E-state index is 0.216. The summed E-state index contributed by atoms with van der Waals surface area (Å²) in [4.78, 5) is 5.85. The summed E-state index contributed by atoms with van der Waals surface area (Å²) in [6.45, 7) is 8.92. The van der Waals surface area contributed by atoms with Crippen molar-refractivity contribution >= 4 is 28.1 Å². The molecule has 2 atom stereocenters. The fraction of sp³-hybridized carbons (Fsp3) is 0.643. The van der Waals surface area contributed by atoms with Gasteiger partial charge in [-0.1, -0.05) is 27.7 Å². The molecule has 0 aliphatic rings. The molecule has 0 amide bonds.